The normalized spacial score (nSPS) is 11.4. The minimum atomic E-state index is -3.09. The fourth-order valence-corrected chi connectivity index (χ4v) is 3.38. The highest BCUT2D eigenvalue weighted by Gasteiger charge is 2.26. The van der Waals surface area contributed by atoms with Crippen LogP contribution in [0.25, 0.3) is 11.3 Å². The minimum absolute atomic E-state index is 0.102. The fourth-order valence-electron chi connectivity index (χ4n) is 3.38. The van der Waals surface area contributed by atoms with Crippen LogP contribution in [0.2, 0.25) is 0 Å². The van der Waals surface area contributed by atoms with E-state index in [0.29, 0.717) is 35.0 Å². The molecular formula is C25H21F4N5. The lowest BCUT2D eigenvalue weighted by molar-refractivity contribution is 0.0171. The van der Waals surface area contributed by atoms with Crippen LogP contribution < -0.4 is 11.1 Å². The minimum Gasteiger partial charge on any atom is -0.382 e. The molecule has 0 amide bonds. The van der Waals surface area contributed by atoms with E-state index in [1.807, 2.05) is 24.3 Å². The summed E-state index contributed by atoms with van der Waals surface area (Å²) in [5, 5.41) is 3.15. The molecule has 9 heteroatoms. The summed E-state index contributed by atoms with van der Waals surface area (Å²) in [5.74, 6) is -4.34. The molecule has 0 unspecified atom stereocenters. The number of halogens is 4. The number of hydrogen-bond donors (Lipinski definition) is 2. The van der Waals surface area contributed by atoms with Gasteiger partial charge in [0, 0.05) is 37.2 Å². The van der Waals surface area contributed by atoms with Crippen LogP contribution in [0.5, 0.6) is 0 Å². The predicted octanol–water partition coefficient (Wildman–Crippen LogP) is 5.71. The number of nitrogen functional groups attached to an aromatic ring is 1. The molecule has 0 bridgehead atoms. The topological polar surface area (TPSA) is 76.7 Å². The van der Waals surface area contributed by atoms with Gasteiger partial charge in [0.1, 0.15) is 11.6 Å². The highest BCUT2D eigenvalue weighted by atomic mass is 19.3. The molecule has 34 heavy (non-hydrogen) atoms. The molecular weight excluding hydrogens is 446 g/mol. The Morgan fingerprint density at radius 1 is 0.853 bits per heavy atom. The van der Waals surface area contributed by atoms with Gasteiger partial charge in [-0.15, -0.1) is 0 Å². The lowest BCUT2D eigenvalue weighted by atomic mass is 10.0. The third kappa shape index (κ3) is 5.48. The first-order valence-electron chi connectivity index (χ1n) is 10.4. The van der Waals surface area contributed by atoms with Crippen molar-refractivity contribution < 1.29 is 17.6 Å². The second-order valence-electron chi connectivity index (χ2n) is 7.92. The molecule has 2 heterocycles. The third-order valence-electron chi connectivity index (χ3n) is 5.23. The van der Waals surface area contributed by atoms with Crippen LogP contribution in [-0.2, 0) is 18.9 Å². The molecule has 0 spiro atoms. The summed E-state index contributed by atoms with van der Waals surface area (Å²) < 4.78 is 54.7. The summed E-state index contributed by atoms with van der Waals surface area (Å²) in [6.45, 7) is 1.15. The van der Waals surface area contributed by atoms with Crippen LogP contribution in [-0.4, -0.2) is 15.0 Å². The van der Waals surface area contributed by atoms with Crippen molar-refractivity contribution in [2.24, 2.45) is 0 Å². The molecule has 2 aromatic carbocycles. The summed E-state index contributed by atoms with van der Waals surface area (Å²) in [5.41, 5.74) is 8.65. The van der Waals surface area contributed by atoms with Gasteiger partial charge in [0.05, 0.1) is 18.1 Å². The first-order chi connectivity index (χ1) is 16.2. The molecule has 2 aromatic heterocycles. The molecule has 0 aliphatic carbocycles. The van der Waals surface area contributed by atoms with Crippen LogP contribution in [0.4, 0.5) is 29.2 Å². The molecule has 0 radical (unpaired) electrons. The summed E-state index contributed by atoms with van der Waals surface area (Å²) in [6.07, 6.45) is 4.28. The Labute approximate surface area is 193 Å². The number of nitrogens with one attached hydrogen (secondary N) is 1. The van der Waals surface area contributed by atoms with Crippen molar-refractivity contribution in [2.75, 3.05) is 11.1 Å². The maximum Gasteiger partial charge on any atom is 0.272 e. The van der Waals surface area contributed by atoms with Gasteiger partial charge in [-0.05, 0) is 34.9 Å². The van der Waals surface area contributed by atoms with Crippen LogP contribution in [0.1, 0.15) is 29.2 Å². The molecule has 5 nitrogen and oxygen atoms in total. The van der Waals surface area contributed by atoms with Gasteiger partial charge in [-0.2, -0.15) is 0 Å². The second kappa shape index (κ2) is 9.46. The summed E-state index contributed by atoms with van der Waals surface area (Å²) >= 11 is 0. The van der Waals surface area contributed by atoms with E-state index in [2.05, 4.69) is 20.3 Å². The van der Waals surface area contributed by atoms with E-state index in [1.54, 1.807) is 6.20 Å². The Bertz CT molecular complexity index is 1290. The van der Waals surface area contributed by atoms with Gasteiger partial charge in [-0.3, -0.25) is 4.98 Å². The number of aromatic nitrogens is 3. The Morgan fingerprint density at radius 2 is 1.59 bits per heavy atom. The van der Waals surface area contributed by atoms with Crippen molar-refractivity contribution in [1.29, 1.82) is 0 Å². The average molecular weight is 467 g/mol. The lowest BCUT2D eigenvalue weighted by Gasteiger charge is -2.16. The largest absolute Gasteiger partial charge is 0.382 e. The molecule has 0 fully saturated rings. The van der Waals surface area contributed by atoms with Crippen LogP contribution in [0, 0.1) is 11.6 Å². The van der Waals surface area contributed by atoms with Gasteiger partial charge in [-0.1, -0.05) is 30.3 Å². The third-order valence-corrected chi connectivity index (χ3v) is 5.23. The van der Waals surface area contributed by atoms with Gasteiger partial charge < -0.3 is 11.1 Å². The number of rotatable bonds is 7. The smallest absolute Gasteiger partial charge is 0.272 e. The SMILES string of the molecule is CC(F)(F)c1cnc(NCc2ccc(-c3cnc(N)cn3)cc2)c(Cc2ccc(F)c(F)c2)c1. The van der Waals surface area contributed by atoms with E-state index in [-0.39, 0.29) is 12.0 Å². The molecule has 0 atom stereocenters. The molecule has 0 aliphatic heterocycles. The number of alkyl halides is 2. The second-order valence-corrected chi connectivity index (χ2v) is 7.92. The van der Waals surface area contributed by atoms with Gasteiger partial charge in [-0.25, -0.2) is 27.5 Å². The first-order valence-corrected chi connectivity index (χ1v) is 10.4. The van der Waals surface area contributed by atoms with E-state index < -0.39 is 17.6 Å². The summed E-state index contributed by atoms with van der Waals surface area (Å²) in [4.78, 5) is 12.4. The number of nitrogens with zero attached hydrogens (tertiary/aromatic N) is 3. The Hall–Kier alpha value is -4.01. The quantitative estimate of drug-likeness (QED) is 0.340. The van der Waals surface area contributed by atoms with Gasteiger partial charge >= 0.3 is 0 Å². The van der Waals surface area contributed by atoms with Crippen molar-refractivity contribution in [1.82, 2.24) is 15.0 Å². The Balaban J connectivity index is 1.54. The molecule has 0 saturated heterocycles. The number of anilines is 2. The van der Waals surface area contributed by atoms with Crippen molar-refractivity contribution in [3.05, 3.63) is 101 Å². The zero-order valence-corrected chi connectivity index (χ0v) is 18.2. The molecule has 3 N–H and O–H groups in total. The first kappa shape index (κ1) is 23.2. The standard InChI is InChI=1S/C25H21F4N5/c1-25(28,29)19-10-18(8-16-4-7-20(26)21(27)9-16)24(34-12-19)33-11-15-2-5-17(6-3-15)22-13-32-23(30)14-31-22/h2-7,9-10,12-14H,8,11H2,1H3,(H2,30,32)(H,33,34). The Kier molecular flexibility index (Phi) is 6.45. The highest BCUT2D eigenvalue weighted by Crippen LogP contribution is 2.30. The molecule has 4 rings (SSSR count). The number of hydrogen-bond acceptors (Lipinski definition) is 5. The van der Waals surface area contributed by atoms with Crippen molar-refractivity contribution >= 4 is 11.6 Å². The monoisotopic (exact) mass is 467 g/mol. The van der Waals surface area contributed by atoms with E-state index >= 15 is 0 Å². The maximum absolute atomic E-state index is 13.9. The van der Waals surface area contributed by atoms with Crippen LogP contribution in [0.15, 0.2) is 67.1 Å². The van der Waals surface area contributed by atoms with Crippen molar-refractivity contribution in [3.8, 4) is 11.3 Å². The lowest BCUT2D eigenvalue weighted by Crippen LogP contribution is -2.11. The van der Waals surface area contributed by atoms with Crippen LogP contribution in [0.3, 0.4) is 0 Å². The average Bonchev–Trinajstić information content (AvgIpc) is 2.81. The highest BCUT2D eigenvalue weighted by molar-refractivity contribution is 5.59. The summed E-state index contributed by atoms with van der Waals surface area (Å²) in [6, 6.07) is 12.4. The number of nitrogens with two attached hydrogens (primary N) is 1. The van der Waals surface area contributed by atoms with E-state index in [9.17, 15) is 17.6 Å². The number of pyridine rings is 1. The van der Waals surface area contributed by atoms with Crippen molar-refractivity contribution in [3.63, 3.8) is 0 Å². The molecule has 0 aliphatic rings. The van der Waals surface area contributed by atoms with Crippen LogP contribution >= 0.6 is 0 Å². The van der Waals surface area contributed by atoms with Crippen molar-refractivity contribution in [2.45, 2.75) is 25.8 Å². The number of benzene rings is 2. The molecule has 0 saturated carbocycles. The predicted molar refractivity (Wildman–Crippen MR) is 122 cm³/mol. The maximum atomic E-state index is 13.9. The van der Waals surface area contributed by atoms with Gasteiger partial charge in [0.25, 0.3) is 5.92 Å². The van der Waals surface area contributed by atoms with Gasteiger partial charge in [0.15, 0.2) is 11.6 Å². The van der Waals surface area contributed by atoms with E-state index in [0.717, 1.165) is 36.4 Å². The van der Waals surface area contributed by atoms with E-state index in [4.69, 9.17) is 5.73 Å². The fraction of sp³-hybridized carbons (Fsp3) is 0.160. The molecule has 174 valence electrons. The van der Waals surface area contributed by atoms with Gasteiger partial charge in [0.2, 0.25) is 0 Å². The zero-order valence-electron chi connectivity index (χ0n) is 18.2. The summed E-state index contributed by atoms with van der Waals surface area (Å²) in [7, 11) is 0. The molecule has 4 aromatic rings. The Morgan fingerprint density at radius 3 is 2.24 bits per heavy atom. The van der Waals surface area contributed by atoms with E-state index in [1.165, 1.54) is 18.3 Å². The zero-order chi connectivity index (χ0) is 24.3.